The fraction of sp³-hybridized carbons (Fsp3) is 0.133. The van der Waals surface area contributed by atoms with E-state index < -0.39 is 21.8 Å². The predicted molar refractivity (Wildman–Crippen MR) is 80.1 cm³/mol. The van der Waals surface area contributed by atoms with E-state index in [-0.39, 0.29) is 16.1 Å². The van der Waals surface area contributed by atoms with Gasteiger partial charge in [-0.05, 0) is 49.2 Å². The number of nitrogens with one attached hydrogen (secondary N) is 1. The number of carboxylic acids is 1. The van der Waals surface area contributed by atoms with Gasteiger partial charge in [-0.25, -0.2) is 17.6 Å². The van der Waals surface area contributed by atoms with Gasteiger partial charge in [0.2, 0.25) is 0 Å². The summed E-state index contributed by atoms with van der Waals surface area (Å²) in [5.74, 6) is -1.94. The van der Waals surface area contributed by atoms with Gasteiger partial charge in [-0.2, -0.15) is 0 Å². The zero-order valence-electron chi connectivity index (χ0n) is 11.9. The summed E-state index contributed by atoms with van der Waals surface area (Å²) in [5.41, 5.74) is 0.676. The first-order valence-electron chi connectivity index (χ1n) is 6.33. The molecule has 0 amide bonds. The molecule has 7 heteroatoms. The van der Waals surface area contributed by atoms with Crippen LogP contribution < -0.4 is 4.72 Å². The Balaban J connectivity index is 2.46. The van der Waals surface area contributed by atoms with Gasteiger partial charge in [0.05, 0.1) is 16.1 Å². The van der Waals surface area contributed by atoms with Crippen molar-refractivity contribution < 1.29 is 22.7 Å². The molecule has 0 bridgehead atoms. The number of aromatic carboxylic acids is 1. The Bertz CT molecular complexity index is 847. The third-order valence-electron chi connectivity index (χ3n) is 3.09. The van der Waals surface area contributed by atoms with E-state index in [1.165, 1.54) is 31.2 Å². The standard InChI is InChI=1S/C15H14FNO4S/c1-9-3-6-13(12(16)7-9)17-22(20,21)14-8-11(15(18)19)5-4-10(14)2/h3-8,17H,1-2H3,(H,18,19). The highest BCUT2D eigenvalue weighted by Crippen LogP contribution is 2.23. The number of anilines is 1. The van der Waals surface area contributed by atoms with Crippen LogP contribution in [0.25, 0.3) is 0 Å². The minimum Gasteiger partial charge on any atom is -0.478 e. The van der Waals surface area contributed by atoms with Crippen LogP contribution in [-0.2, 0) is 10.0 Å². The van der Waals surface area contributed by atoms with Crippen LogP contribution in [0.2, 0.25) is 0 Å². The van der Waals surface area contributed by atoms with Crippen LogP contribution in [0.3, 0.4) is 0 Å². The Hall–Kier alpha value is -2.41. The van der Waals surface area contributed by atoms with Crippen molar-refractivity contribution in [3.63, 3.8) is 0 Å². The van der Waals surface area contributed by atoms with Gasteiger partial charge in [0, 0.05) is 0 Å². The second kappa shape index (κ2) is 5.76. The molecular formula is C15H14FNO4S. The number of sulfonamides is 1. The van der Waals surface area contributed by atoms with Crippen LogP contribution in [-0.4, -0.2) is 19.5 Å². The summed E-state index contributed by atoms with van der Waals surface area (Å²) in [6, 6.07) is 7.84. The van der Waals surface area contributed by atoms with E-state index in [2.05, 4.69) is 4.72 Å². The van der Waals surface area contributed by atoms with Crippen molar-refractivity contribution in [1.82, 2.24) is 0 Å². The van der Waals surface area contributed by atoms with Crippen molar-refractivity contribution in [2.75, 3.05) is 4.72 Å². The Morgan fingerprint density at radius 1 is 1.14 bits per heavy atom. The van der Waals surface area contributed by atoms with E-state index in [0.717, 1.165) is 6.07 Å². The lowest BCUT2D eigenvalue weighted by atomic mass is 10.1. The second-order valence-electron chi connectivity index (χ2n) is 4.87. The van der Waals surface area contributed by atoms with Gasteiger partial charge in [0.1, 0.15) is 5.82 Å². The molecule has 0 heterocycles. The number of rotatable bonds is 4. The minimum absolute atomic E-state index is 0.157. The Morgan fingerprint density at radius 2 is 1.82 bits per heavy atom. The lowest BCUT2D eigenvalue weighted by Crippen LogP contribution is -2.16. The maximum Gasteiger partial charge on any atom is 0.335 e. The van der Waals surface area contributed by atoms with Crippen molar-refractivity contribution in [1.29, 1.82) is 0 Å². The first-order chi connectivity index (χ1) is 10.2. The Labute approximate surface area is 127 Å². The summed E-state index contributed by atoms with van der Waals surface area (Å²) in [6.07, 6.45) is 0. The van der Waals surface area contributed by atoms with Crippen molar-refractivity contribution in [3.05, 3.63) is 58.9 Å². The number of carboxylic acid groups (broad SMARTS) is 1. The normalized spacial score (nSPS) is 11.2. The molecule has 0 fully saturated rings. The van der Waals surface area contributed by atoms with Crippen LogP contribution >= 0.6 is 0 Å². The molecule has 0 radical (unpaired) electrons. The number of aryl methyl sites for hydroxylation is 2. The monoisotopic (exact) mass is 323 g/mol. The Morgan fingerprint density at radius 3 is 2.41 bits per heavy atom. The van der Waals surface area contributed by atoms with Gasteiger partial charge in [-0.15, -0.1) is 0 Å². The maximum atomic E-state index is 13.8. The van der Waals surface area contributed by atoms with E-state index in [4.69, 9.17) is 5.11 Å². The summed E-state index contributed by atoms with van der Waals surface area (Å²) in [5, 5.41) is 8.96. The summed E-state index contributed by atoms with van der Waals surface area (Å²) >= 11 is 0. The van der Waals surface area contributed by atoms with Crippen molar-refractivity contribution in [2.45, 2.75) is 18.7 Å². The Kier molecular flexibility index (Phi) is 4.18. The average Bonchev–Trinajstić information content (AvgIpc) is 2.42. The van der Waals surface area contributed by atoms with E-state index in [1.54, 1.807) is 13.0 Å². The van der Waals surface area contributed by atoms with Crippen LogP contribution in [0.5, 0.6) is 0 Å². The molecule has 0 aliphatic carbocycles. The van der Waals surface area contributed by atoms with Crippen molar-refractivity contribution >= 4 is 21.7 Å². The van der Waals surface area contributed by atoms with Gasteiger partial charge in [0.25, 0.3) is 10.0 Å². The number of hydrogen-bond acceptors (Lipinski definition) is 3. The number of halogens is 1. The van der Waals surface area contributed by atoms with Gasteiger partial charge in [-0.1, -0.05) is 12.1 Å². The fourth-order valence-corrected chi connectivity index (χ4v) is 3.26. The zero-order chi connectivity index (χ0) is 16.5. The highest BCUT2D eigenvalue weighted by atomic mass is 32.2. The highest BCUT2D eigenvalue weighted by molar-refractivity contribution is 7.92. The number of benzene rings is 2. The summed E-state index contributed by atoms with van der Waals surface area (Å²) in [7, 11) is -4.09. The number of carbonyl (C=O) groups is 1. The van der Waals surface area contributed by atoms with E-state index >= 15 is 0 Å². The zero-order valence-corrected chi connectivity index (χ0v) is 12.7. The summed E-state index contributed by atoms with van der Waals surface area (Å²) in [6.45, 7) is 3.22. The van der Waals surface area contributed by atoms with Crippen LogP contribution in [0.4, 0.5) is 10.1 Å². The molecule has 0 unspecified atom stereocenters. The lowest BCUT2D eigenvalue weighted by molar-refractivity contribution is 0.0696. The summed E-state index contributed by atoms with van der Waals surface area (Å²) in [4.78, 5) is 10.8. The highest BCUT2D eigenvalue weighted by Gasteiger charge is 2.20. The topological polar surface area (TPSA) is 83.5 Å². The van der Waals surface area contributed by atoms with Gasteiger partial charge >= 0.3 is 5.97 Å². The largest absolute Gasteiger partial charge is 0.478 e. The molecule has 5 nitrogen and oxygen atoms in total. The molecule has 116 valence electrons. The van der Waals surface area contributed by atoms with Crippen LogP contribution in [0.1, 0.15) is 21.5 Å². The van der Waals surface area contributed by atoms with Crippen molar-refractivity contribution in [2.24, 2.45) is 0 Å². The third kappa shape index (κ3) is 3.25. The fourth-order valence-electron chi connectivity index (χ4n) is 1.93. The molecule has 2 rings (SSSR count). The molecule has 0 spiro atoms. The van der Waals surface area contributed by atoms with Crippen LogP contribution in [0, 0.1) is 19.7 Å². The molecule has 0 aliphatic rings. The average molecular weight is 323 g/mol. The van der Waals surface area contributed by atoms with Gasteiger partial charge < -0.3 is 5.11 Å². The van der Waals surface area contributed by atoms with Gasteiger partial charge in [0.15, 0.2) is 0 Å². The third-order valence-corrected chi connectivity index (χ3v) is 4.60. The van der Waals surface area contributed by atoms with Crippen molar-refractivity contribution in [3.8, 4) is 0 Å². The molecule has 2 aromatic carbocycles. The first-order valence-corrected chi connectivity index (χ1v) is 7.82. The summed E-state index contributed by atoms with van der Waals surface area (Å²) < 4.78 is 40.7. The predicted octanol–water partition coefficient (Wildman–Crippen LogP) is 2.94. The lowest BCUT2D eigenvalue weighted by Gasteiger charge is -2.12. The molecule has 0 saturated heterocycles. The van der Waals surface area contributed by atoms with Crippen LogP contribution in [0.15, 0.2) is 41.3 Å². The van der Waals surface area contributed by atoms with Gasteiger partial charge in [-0.3, -0.25) is 4.72 Å². The molecule has 2 N–H and O–H groups in total. The van der Waals surface area contributed by atoms with E-state index in [9.17, 15) is 17.6 Å². The van der Waals surface area contributed by atoms with E-state index in [1.807, 2.05) is 0 Å². The molecule has 2 aromatic rings. The molecule has 0 saturated carbocycles. The van der Waals surface area contributed by atoms with E-state index in [0.29, 0.717) is 11.1 Å². The first kappa shape index (κ1) is 16.0. The molecule has 22 heavy (non-hydrogen) atoms. The SMILES string of the molecule is Cc1ccc(NS(=O)(=O)c2cc(C(=O)O)ccc2C)c(F)c1. The smallest absolute Gasteiger partial charge is 0.335 e. The molecule has 0 aliphatic heterocycles. The molecule has 0 atom stereocenters. The number of hydrogen-bond donors (Lipinski definition) is 2. The minimum atomic E-state index is -4.09. The second-order valence-corrected chi connectivity index (χ2v) is 6.53. The quantitative estimate of drug-likeness (QED) is 0.906. The molecule has 0 aromatic heterocycles. The molecular weight excluding hydrogens is 309 g/mol. The maximum absolute atomic E-state index is 13.8.